The quantitative estimate of drug-likeness (QED) is 0.713. The number of rotatable bonds is 3. The van der Waals surface area contributed by atoms with E-state index in [1.165, 1.54) is 37.7 Å². The molecule has 2 nitrogen and oxygen atoms in total. The number of phenolic OH excluding ortho intramolecular Hbond substituents is 1. The molecule has 1 aliphatic carbocycles. The van der Waals surface area contributed by atoms with E-state index in [4.69, 9.17) is 0 Å². The van der Waals surface area contributed by atoms with Gasteiger partial charge in [-0.05, 0) is 74.7 Å². The fraction of sp³-hybridized carbons (Fsp3) is 0.600. The van der Waals surface area contributed by atoms with Crippen LogP contribution >= 0.6 is 31.9 Å². The molecule has 2 rings (SSSR count). The smallest absolute Gasteiger partial charge is 0.143 e. The highest BCUT2D eigenvalue weighted by molar-refractivity contribution is 9.11. The Morgan fingerprint density at radius 3 is 2.53 bits per heavy atom. The predicted octanol–water partition coefficient (Wildman–Crippen LogP) is 4.98. The molecule has 2 N–H and O–H groups in total. The highest BCUT2D eigenvalue weighted by atomic mass is 79.9. The van der Waals surface area contributed by atoms with Gasteiger partial charge in [0.1, 0.15) is 5.75 Å². The second kappa shape index (κ2) is 7.09. The maximum atomic E-state index is 9.70. The minimum Gasteiger partial charge on any atom is -0.506 e. The molecule has 0 saturated heterocycles. The minimum absolute atomic E-state index is 0.270. The molecule has 1 saturated carbocycles. The molecule has 2 atom stereocenters. The first-order valence-corrected chi connectivity index (χ1v) is 8.55. The van der Waals surface area contributed by atoms with Crippen molar-refractivity contribution in [3.63, 3.8) is 0 Å². The van der Waals surface area contributed by atoms with E-state index < -0.39 is 0 Å². The summed E-state index contributed by atoms with van der Waals surface area (Å²) in [6, 6.07) is 4.59. The molecule has 0 aromatic heterocycles. The summed E-state index contributed by atoms with van der Waals surface area (Å²) in [4.78, 5) is 0. The first-order valence-electron chi connectivity index (χ1n) is 6.96. The molecule has 1 aliphatic rings. The average Bonchev–Trinajstić information content (AvgIpc) is 2.58. The summed E-state index contributed by atoms with van der Waals surface area (Å²) in [5.41, 5.74) is 1.19. The maximum Gasteiger partial charge on any atom is 0.143 e. The number of halogens is 2. The van der Waals surface area contributed by atoms with Crippen molar-refractivity contribution in [2.45, 2.75) is 51.6 Å². The second-order valence-corrected chi connectivity index (χ2v) is 7.31. The lowest BCUT2D eigenvalue weighted by Crippen LogP contribution is -2.27. The maximum absolute atomic E-state index is 9.70. The SMILES string of the molecule is CC1CCCC(NCc2cc(Br)c(O)c(Br)c2)CC1. The summed E-state index contributed by atoms with van der Waals surface area (Å²) in [5, 5.41) is 13.3. The first kappa shape index (κ1) is 15.3. The largest absolute Gasteiger partial charge is 0.506 e. The number of hydrogen-bond donors (Lipinski definition) is 2. The van der Waals surface area contributed by atoms with E-state index in [0.717, 1.165) is 21.4 Å². The summed E-state index contributed by atoms with van der Waals surface area (Å²) in [5.74, 6) is 1.15. The topological polar surface area (TPSA) is 32.3 Å². The monoisotopic (exact) mass is 389 g/mol. The van der Waals surface area contributed by atoms with Gasteiger partial charge in [0.05, 0.1) is 8.95 Å². The lowest BCUT2D eigenvalue weighted by atomic mass is 10.0. The highest BCUT2D eigenvalue weighted by Crippen LogP contribution is 2.33. The molecule has 19 heavy (non-hydrogen) atoms. The van der Waals surface area contributed by atoms with Crippen LogP contribution in [0.2, 0.25) is 0 Å². The van der Waals surface area contributed by atoms with E-state index >= 15 is 0 Å². The Labute approximate surface area is 132 Å². The zero-order valence-electron chi connectivity index (χ0n) is 11.3. The lowest BCUT2D eigenvalue weighted by molar-refractivity contribution is 0.446. The van der Waals surface area contributed by atoms with E-state index in [1.54, 1.807) is 0 Å². The predicted molar refractivity (Wildman–Crippen MR) is 86.4 cm³/mol. The van der Waals surface area contributed by atoms with Crippen molar-refractivity contribution in [3.8, 4) is 5.75 Å². The van der Waals surface area contributed by atoms with E-state index in [0.29, 0.717) is 6.04 Å². The number of nitrogens with one attached hydrogen (secondary N) is 1. The van der Waals surface area contributed by atoms with Crippen LogP contribution in [0.4, 0.5) is 0 Å². The Balaban J connectivity index is 1.91. The first-order chi connectivity index (χ1) is 9.06. The Hall–Kier alpha value is -0.0600. The van der Waals surface area contributed by atoms with Crippen LogP contribution in [-0.2, 0) is 6.54 Å². The number of aromatic hydroxyl groups is 1. The molecule has 1 fully saturated rings. The van der Waals surface area contributed by atoms with Gasteiger partial charge in [0, 0.05) is 12.6 Å². The number of benzene rings is 1. The van der Waals surface area contributed by atoms with Crippen molar-refractivity contribution in [3.05, 3.63) is 26.6 Å². The van der Waals surface area contributed by atoms with Gasteiger partial charge in [0.15, 0.2) is 0 Å². The van der Waals surface area contributed by atoms with Crippen molar-refractivity contribution in [1.82, 2.24) is 5.32 Å². The molecule has 0 radical (unpaired) electrons. The summed E-state index contributed by atoms with van der Waals surface area (Å²) in [6.07, 6.45) is 6.60. The Morgan fingerprint density at radius 2 is 1.84 bits per heavy atom. The summed E-state index contributed by atoms with van der Waals surface area (Å²) in [7, 11) is 0. The van der Waals surface area contributed by atoms with Crippen LogP contribution < -0.4 is 5.32 Å². The molecule has 106 valence electrons. The fourth-order valence-corrected chi connectivity index (χ4v) is 3.95. The Kier molecular flexibility index (Phi) is 5.72. The molecule has 0 spiro atoms. The van der Waals surface area contributed by atoms with E-state index in [-0.39, 0.29) is 5.75 Å². The molecule has 0 amide bonds. The summed E-state index contributed by atoms with van der Waals surface area (Å²) in [6.45, 7) is 3.22. The summed E-state index contributed by atoms with van der Waals surface area (Å²) >= 11 is 6.75. The third-order valence-electron chi connectivity index (χ3n) is 3.93. The van der Waals surface area contributed by atoms with Gasteiger partial charge in [0.2, 0.25) is 0 Å². The summed E-state index contributed by atoms with van der Waals surface area (Å²) < 4.78 is 1.49. The normalized spacial score (nSPS) is 24.2. The molecular formula is C15H21Br2NO. The molecule has 0 heterocycles. The average molecular weight is 391 g/mol. The van der Waals surface area contributed by atoms with Gasteiger partial charge in [-0.1, -0.05) is 19.8 Å². The van der Waals surface area contributed by atoms with Crippen LogP contribution in [-0.4, -0.2) is 11.1 Å². The van der Waals surface area contributed by atoms with Crippen LogP contribution in [0.15, 0.2) is 21.1 Å². The third kappa shape index (κ3) is 4.47. The van der Waals surface area contributed by atoms with Crippen molar-refractivity contribution >= 4 is 31.9 Å². The zero-order valence-corrected chi connectivity index (χ0v) is 14.4. The highest BCUT2D eigenvalue weighted by Gasteiger charge is 2.16. The van der Waals surface area contributed by atoms with Crippen molar-refractivity contribution in [2.24, 2.45) is 5.92 Å². The van der Waals surface area contributed by atoms with Gasteiger partial charge in [-0.25, -0.2) is 0 Å². The van der Waals surface area contributed by atoms with Crippen molar-refractivity contribution in [1.29, 1.82) is 0 Å². The lowest BCUT2D eigenvalue weighted by Gasteiger charge is -2.17. The van der Waals surface area contributed by atoms with Gasteiger partial charge >= 0.3 is 0 Å². The molecule has 4 heteroatoms. The Bertz CT molecular complexity index is 413. The molecule has 2 unspecified atom stereocenters. The number of phenols is 1. The molecule has 1 aromatic carbocycles. The second-order valence-electron chi connectivity index (χ2n) is 5.60. The van der Waals surface area contributed by atoms with Crippen LogP contribution in [0.5, 0.6) is 5.75 Å². The van der Waals surface area contributed by atoms with E-state index in [2.05, 4.69) is 44.1 Å². The Morgan fingerprint density at radius 1 is 1.16 bits per heavy atom. The van der Waals surface area contributed by atoms with Crippen molar-refractivity contribution < 1.29 is 5.11 Å². The zero-order chi connectivity index (χ0) is 13.8. The van der Waals surface area contributed by atoms with Gasteiger partial charge in [-0.2, -0.15) is 0 Å². The van der Waals surface area contributed by atoms with Crippen LogP contribution in [0.25, 0.3) is 0 Å². The van der Waals surface area contributed by atoms with Crippen LogP contribution in [0.1, 0.15) is 44.6 Å². The molecular weight excluding hydrogens is 370 g/mol. The minimum atomic E-state index is 0.270. The van der Waals surface area contributed by atoms with Gasteiger partial charge in [-0.15, -0.1) is 0 Å². The van der Waals surface area contributed by atoms with Crippen LogP contribution in [0.3, 0.4) is 0 Å². The molecule has 0 bridgehead atoms. The van der Waals surface area contributed by atoms with Crippen molar-refractivity contribution in [2.75, 3.05) is 0 Å². The fourth-order valence-electron chi connectivity index (χ4n) is 2.67. The molecule has 1 aromatic rings. The standard InChI is InChI=1S/C15H21Br2NO/c1-10-3-2-4-12(6-5-10)18-9-11-7-13(16)15(19)14(17)8-11/h7-8,10,12,18-19H,2-6,9H2,1H3. The molecule has 0 aliphatic heterocycles. The van der Waals surface area contributed by atoms with Gasteiger partial charge in [-0.3, -0.25) is 0 Å². The third-order valence-corrected chi connectivity index (χ3v) is 5.14. The van der Waals surface area contributed by atoms with Crippen LogP contribution in [0, 0.1) is 5.92 Å². The van der Waals surface area contributed by atoms with Gasteiger partial charge < -0.3 is 10.4 Å². The van der Waals surface area contributed by atoms with E-state index in [1.807, 2.05) is 12.1 Å². The number of hydrogen-bond acceptors (Lipinski definition) is 2. The van der Waals surface area contributed by atoms with Gasteiger partial charge in [0.25, 0.3) is 0 Å². The van der Waals surface area contributed by atoms with E-state index in [9.17, 15) is 5.11 Å².